The minimum absolute atomic E-state index is 0.204. The van der Waals surface area contributed by atoms with Crippen molar-refractivity contribution in [3.63, 3.8) is 0 Å². The van der Waals surface area contributed by atoms with Gasteiger partial charge in [0.15, 0.2) is 5.69 Å². The molecule has 0 unspecified atom stereocenters. The molecule has 1 amide bonds. The number of aryl methyl sites for hydroxylation is 1. The number of hydrogen-bond donors (Lipinski definition) is 1. The van der Waals surface area contributed by atoms with Crippen LogP contribution in [0.1, 0.15) is 16.1 Å². The molecule has 0 saturated carbocycles. The number of amides is 1. The Labute approximate surface area is 118 Å². The maximum atomic E-state index is 11.9. The Hall–Kier alpha value is -2.21. The van der Waals surface area contributed by atoms with E-state index in [4.69, 9.17) is 0 Å². The first-order valence-electron chi connectivity index (χ1n) is 6.48. The van der Waals surface area contributed by atoms with Crippen LogP contribution in [0.2, 0.25) is 0 Å². The minimum Gasteiger partial charge on any atom is -0.349 e. The van der Waals surface area contributed by atoms with Crippen LogP contribution in [0, 0.1) is 6.92 Å². The van der Waals surface area contributed by atoms with E-state index in [1.54, 1.807) is 10.9 Å². The van der Waals surface area contributed by atoms with Crippen LogP contribution in [0.15, 0.2) is 30.5 Å². The molecule has 0 spiro atoms. The zero-order valence-corrected chi connectivity index (χ0v) is 12.0. The lowest BCUT2D eigenvalue weighted by atomic mass is 10.2. The smallest absolute Gasteiger partial charge is 0.273 e. The van der Waals surface area contributed by atoms with Crippen LogP contribution >= 0.6 is 0 Å². The molecule has 0 aliphatic rings. The Morgan fingerprint density at radius 3 is 2.65 bits per heavy atom. The minimum atomic E-state index is -0.204. The number of hydrogen-bond acceptors (Lipinski definition) is 4. The largest absolute Gasteiger partial charge is 0.349 e. The average Bonchev–Trinajstić information content (AvgIpc) is 2.88. The third kappa shape index (κ3) is 3.64. The molecule has 0 fully saturated rings. The quantitative estimate of drug-likeness (QED) is 0.878. The molecule has 0 aliphatic carbocycles. The SMILES string of the molecule is Cc1ccc(-n2cc(C(=O)NCCN(C)C)nn2)cc1. The molecule has 2 rings (SSSR count). The molecule has 0 atom stereocenters. The van der Waals surface area contributed by atoms with Crippen LogP contribution in [0.4, 0.5) is 0 Å². The van der Waals surface area contributed by atoms with Crippen molar-refractivity contribution in [2.45, 2.75) is 6.92 Å². The summed E-state index contributed by atoms with van der Waals surface area (Å²) >= 11 is 0. The van der Waals surface area contributed by atoms with E-state index in [0.717, 1.165) is 12.2 Å². The second kappa shape index (κ2) is 6.29. The van der Waals surface area contributed by atoms with Crippen LogP contribution in [0.3, 0.4) is 0 Å². The summed E-state index contributed by atoms with van der Waals surface area (Å²) in [4.78, 5) is 13.9. The Morgan fingerprint density at radius 1 is 1.30 bits per heavy atom. The number of likely N-dealkylation sites (N-methyl/N-ethyl adjacent to an activating group) is 1. The van der Waals surface area contributed by atoms with Gasteiger partial charge in [0.1, 0.15) is 0 Å². The molecule has 6 heteroatoms. The summed E-state index contributed by atoms with van der Waals surface area (Å²) in [5.41, 5.74) is 2.38. The van der Waals surface area contributed by atoms with Crippen LogP contribution in [0.25, 0.3) is 5.69 Å². The van der Waals surface area contributed by atoms with Crippen molar-refractivity contribution in [3.05, 3.63) is 41.7 Å². The van der Waals surface area contributed by atoms with Gasteiger partial charge in [-0.3, -0.25) is 4.79 Å². The molecule has 1 aromatic heterocycles. The zero-order valence-electron chi connectivity index (χ0n) is 12.0. The van der Waals surface area contributed by atoms with Gasteiger partial charge in [-0.05, 0) is 33.2 Å². The zero-order chi connectivity index (χ0) is 14.5. The van der Waals surface area contributed by atoms with Gasteiger partial charge < -0.3 is 10.2 Å². The van der Waals surface area contributed by atoms with Gasteiger partial charge in [-0.15, -0.1) is 5.10 Å². The van der Waals surface area contributed by atoms with Gasteiger partial charge in [0.25, 0.3) is 5.91 Å². The Balaban J connectivity index is 2.01. The number of carbonyl (C=O) groups excluding carboxylic acids is 1. The highest BCUT2D eigenvalue weighted by Gasteiger charge is 2.10. The summed E-state index contributed by atoms with van der Waals surface area (Å²) in [5.74, 6) is -0.204. The molecular weight excluding hydrogens is 254 g/mol. The third-order valence-electron chi connectivity index (χ3n) is 2.87. The van der Waals surface area contributed by atoms with Crippen LogP contribution in [0.5, 0.6) is 0 Å². The molecule has 0 radical (unpaired) electrons. The van der Waals surface area contributed by atoms with E-state index in [1.807, 2.05) is 50.2 Å². The first-order valence-corrected chi connectivity index (χ1v) is 6.48. The fraction of sp³-hybridized carbons (Fsp3) is 0.357. The van der Waals surface area contributed by atoms with E-state index in [0.29, 0.717) is 12.2 Å². The van der Waals surface area contributed by atoms with Gasteiger partial charge >= 0.3 is 0 Å². The lowest BCUT2D eigenvalue weighted by molar-refractivity contribution is 0.0946. The Kier molecular flexibility index (Phi) is 4.47. The highest BCUT2D eigenvalue weighted by molar-refractivity contribution is 5.91. The topological polar surface area (TPSA) is 63.1 Å². The van der Waals surface area contributed by atoms with E-state index >= 15 is 0 Å². The number of nitrogens with one attached hydrogen (secondary N) is 1. The van der Waals surface area contributed by atoms with Crippen molar-refractivity contribution in [3.8, 4) is 5.69 Å². The molecule has 106 valence electrons. The summed E-state index contributed by atoms with van der Waals surface area (Å²) in [7, 11) is 3.92. The molecule has 6 nitrogen and oxygen atoms in total. The first-order chi connectivity index (χ1) is 9.56. The molecule has 0 aliphatic heterocycles. The second-order valence-corrected chi connectivity index (χ2v) is 4.94. The van der Waals surface area contributed by atoms with Crippen molar-refractivity contribution >= 4 is 5.91 Å². The van der Waals surface area contributed by atoms with E-state index in [1.165, 1.54) is 5.56 Å². The normalized spacial score (nSPS) is 10.8. The summed E-state index contributed by atoms with van der Waals surface area (Å²) < 4.78 is 1.60. The number of rotatable bonds is 5. The maximum Gasteiger partial charge on any atom is 0.273 e. The average molecular weight is 273 g/mol. The molecule has 2 aromatic rings. The fourth-order valence-electron chi connectivity index (χ4n) is 1.68. The predicted molar refractivity (Wildman–Crippen MR) is 77.0 cm³/mol. The lowest BCUT2D eigenvalue weighted by Gasteiger charge is -2.09. The number of aromatic nitrogens is 3. The number of carbonyl (C=O) groups is 1. The molecule has 1 heterocycles. The summed E-state index contributed by atoms with van der Waals surface area (Å²) in [6, 6.07) is 7.87. The number of benzene rings is 1. The van der Waals surface area contributed by atoms with Crippen molar-refractivity contribution in [2.75, 3.05) is 27.2 Å². The van der Waals surface area contributed by atoms with Gasteiger partial charge in [-0.1, -0.05) is 22.9 Å². The van der Waals surface area contributed by atoms with Crippen molar-refractivity contribution in [1.82, 2.24) is 25.2 Å². The monoisotopic (exact) mass is 273 g/mol. The highest BCUT2D eigenvalue weighted by Crippen LogP contribution is 2.08. The van der Waals surface area contributed by atoms with E-state index in [2.05, 4.69) is 15.6 Å². The molecule has 0 bridgehead atoms. The Bertz CT molecular complexity index is 574. The number of nitrogens with zero attached hydrogens (tertiary/aromatic N) is 4. The lowest BCUT2D eigenvalue weighted by Crippen LogP contribution is -2.31. The summed E-state index contributed by atoms with van der Waals surface area (Å²) in [6.07, 6.45) is 1.63. The van der Waals surface area contributed by atoms with E-state index in [9.17, 15) is 4.79 Å². The van der Waals surface area contributed by atoms with Crippen LogP contribution in [-0.4, -0.2) is 53.0 Å². The molecule has 20 heavy (non-hydrogen) atoms. The Morgan fingerprint density at radius 2 is 2.00 bits per heavy atom. The molecule has 1 aromatic carbocycles. The van der Waals surface area contributed by atoms with E-state index in [-0.39, 0.29) is 5.91 Å². The predicted octanol–water partition coefficient (Wildman–Crippen LogP) is 0.867. The standard InChI is InChI=1S/C14H19N5O/c1-11-4-6-12(7-5-11)19-10-13(16-17-19)14(20)15-8-9-18(2)3/h4-7,10H,8-9H2,1-3H3,(H,15,20). The van der Waals surface area contributed by atoms with Gasteiger partial charge in [0.2, 0.25) is 0 Å². The highest BCUT2D eigenvalue weighted by atomic mass is 16.2. The van der Waals surface area contributed by atoms with Crippen molar-refractivity contribution in [2.24, 2.45) is 0 Å². The third-order valence-corrected chi connectivity index (χ3v) is 2.87. The summed E-state index contributed by atoms with van der Waals surface area (Å²) in [6.45, 7) is 3.40. The molecule has 1 N–H and O–H groups in total. The van der Waals surface area contributed by atoms with Gasteiger partial charge in [0, 0.05) is 13.1 Å². The van der Waals surface area contributed by atoms with Crippen LogP contribution < -0.4 is 5.32 Å². The second-order valence-electron chi connectivity index (χ2n) is 4.94. The molecule has 0 saturated heterocycles. The van der Waals surface area contributed by atoms with Crippen molar-refractivity contribution < 1.29 is 4.79 Å². The first kappa shape index (κ1) is 14.2. The van der Waals surface area contributed by atoms with Crippen molar-refractivity contribution in [1.29, 1.82) is 0 Å². The maximum absolute atomic E-state index is 11.9. The van der Waals surface area contributed by atoms with Gasteiger partial charge in [0.05, 0.1) is 11.9 Å². The summed E-state index contributed by atoms with van der Waals surface area (Å²) in [5, 5.41) is 10.7. The fourth-order valence-corrected chi connectivity index (χ4v) is 1.68. The van der Waals surface area contributed by atoms with Gasteiger partial charge in [-0.25, -0.2) is 4.68 Å². The van der Waals surface area contributed by atoms with Crippen LogP contribution in [-0.2, 0) is 0 Å². The van der Waals surface area contributed by atoms with E-state index < -0.39 is 0 Å². The molecular formula is C14H19N5O. The van der Waals surface area contributed by atoms with Gasteiger partial charge in [-0.2, -0.15) is 0 Å².